The number of carbonyl (C=O) groups excluding carboxylic acids is 9. The average molecular weight is 1950 g/mol. The van der Waals surface area contributed by atoms with Gasteiger partial charge in [-0.05, 0) is 216 Å². The van der Waals surface area contributed by atoms with Gasteiger partial charge in [0.05, 0.1) is 63.1 Å². The summed E-state index contributed by atoms with van der Waals surface area (Å²) in [5.41, 5.74) is 0.536. The number of benzene rings is 3. The van der Waals surface area contributed by atoms with Gasteiger partial charge in [-0.25, -0.2) is 57.0 Å². The van der Waals surface area contributed by atoms with Crippen LogP contribution in [0.25, 0.3) is 32.7 Å². The number of aryl methyl sites for hydroxylation is 2. The standard InChI is InChI=1S/C35H46N3O6.C35H48N3O6.C31H38F2N3O6.3V/c1-20-28(19-39)38-18-29(20)43-31-22(14-21-12-13-24(42-6)16-27(21)36-31)10-8-7-9-11-26-25-15-23(25)17-35(26,5)44-33(41)37-30(32(38)40)34(2,3)4;1-7-26-28(21-39)38-20-29(26)43-31-23(18-22-15-16-25(42-6)19-27(22)36-31)12-9-8-10-13-24-14-11-17-35(24,5)44-33(41)37-30(32(38)40)34(2,3)4;1-17-23(16-37)36-15-25(17)41-27-21(12-18-9-10-20(40-5)14-22(18)34-27)31(32,33)11-7-6-8-19-13-24(19)42-29(39)35-26(28(36)38)30(2,3)4;;;/h12-14,16,20,23,25-26,28-30H,7-11,15,17-18H2,1-6H3,(H,37,41);15-16,18-19,24,26,28-30H,7-14,17,20H2,1-6H3,(H,37,41);9-10,12,14,17,19,23-26H,6-8,11,13,15H2,1-5H3,(H,35,39);;;/q3*-1;;;/t20-,23?,25?,26+,28+,29-,30+,35+;24-,26+,28-,29+,30-,35-;17-,19+,23+,24+,25-,26+;;;/m010.../s1. The fraction of sp³-hybridized carbons (Fsp3) is 0.644. The van der Waals surface area contributed by atoms with Crippen LogP contribution in [-0.4, -0.2) is 197 Å². The van der Waals surface area contributed by atoms with Gasteiger partial charge in [0, 0.05) is 113 Å². The first-order valence-corrected chi connectivity index (χ1v) is 47.0. The molecule has 721 valence electrons. The number of halogens is 2. The molecule has 16 rings (SSSR count). The van der Waals surface area contributed by atoms with Crippen molar-refractivity contribution in [2.24, 2.45) is 63.6 Å². The molecule has 2 unspecified atom stereocenters. The Hall–Kier alpha value is -8.47. The number of fused-ring (bicyclic) bond motifs is 17. The number of hydrogen-bond acceptors (Lipinski definition) is 21. The molecule has 6 amide bonds. The molecule has 0 spiro atoms. The second-order valence-corrected chi connectivity index (χ2v) is 41.7. The molecule has 3 aromatic carbocycles. The second-order valence-electron chi connectivity index (χ2n) is 41.7. The van der Waals surface area contributed by atoms with Crippen LogP contribution in [0.2, 0.25) is 0 Å². The number of nitrogens with one attached hydrogen (secondary N) is 3. The Kier molecular flexibility index (Phi) is 34.0. The zero-order valence-corrected chi connectivity index (χ0v) is 84.1. The van der Waals surface area contributed by atoms with Crippen LogP contribution >= 0.6 is 0 Å². The van der Waals surface area contributed by atoms with Crippen LogP contribution in [0, 0.1) is 63.6 Å². The summed E-state index contributed by atoms with van der Waals surface area (Å²) >= 11 is 0. The van der Waals surface area contributed by atoms with Crippen molar-refractivity contribution >= 4 is 87.6 Å². The maximum Gasteiger partial charge on any atom is 0.408 e. The minimum absolute atomic E-state index is 0. The van der Waals surface area contributed by atoms with Gasteiger partial charge in [-0.1, -0.05) is 140 Å². The zero-order valence-electron chi connectivity index (χ0n) is 79.9. The number of nitrogens with zero attached hydrogens (tertiary/aromatic N) is 6. The first-order valence-electron chi connectivity index (χ1n) is 47.0. The van der Waals surface area contributed by atoms with Crippen molar-refractivity contribution in [3.63, 3.8) is 0 Å². The normalized spacial score (nSPS) is 30.9. The van der Waals surface area contributed by atoms with Crippen LogP contribution in [0.15, 0.2) is 72.8 Å². The number of alkyl halides is 2. The molecule has 133 heavy (non-hydrogen) atoms. The molecule has 6 aliphatic heterocycles. The van der Waals surface area contributed by atoms with Crippen molar-refractivity contribution in [2.45, 2.75) is 310 Å². The van der Waals surface area contributed by atoms with E-state index in [0.29, 0.717) is 83.3 Å². The SMILES string of the molecule is CC[C@@H]1[C@@H]2CN(C(=O)[C@H](C(C)(C)C)NC(=O)O[C@]3(C)CCC[C@H]3CCCCCc3cc4ccc(OC)cc4nc3O2)[C@@H]1[C-]=O.COc1ccc2cc3c(nc2c1)O[C@H]1CN(C(=O)[C@H](C(C)(C)C)NC(=O)O[C@@H]2C[C@H]2CCCCC3(F)F)[C@H]([C-]=O)[C@@H]1C.COc1ccc2cc3c(nc2c1)O[C@H]1CN(C(=O)[C@H](C(C)(C)C)NC(=O)O[C@]2(C)CC4CC4[C@H]2CCCCC3)[C@H]([C-]=O)[C@@H]1C.[V].[V].[V]. The number of amides is 6. The molecule has 3 N–H and O–H groups in total. The number of alkyl carbamates (subject to hydrolysis) is 3. The third kappa shape index (κ3) is 23.5. The van der Waals surface area contributed by atoms with Gasteiger partial charge in [-0.3, -0.25) is 14.4 Å². The monoisotopic (exact) mass is 1950 g/mol. The van der Waals surface area contributed by atoms with Crippen molar-refractivity contribution in [3.05, 3.63) is 89.5 Å². The summed E-state index contributed by atoms with van der Waals surface area (Å²) < 4.78 is 85.2. The Morgan fingerprint density at radius 3 is 1.36 bits per heavy atom. The van der Waals surface area contributed by atoms with Crippen molar-refractivity contribution < 1.29 is 150 Å². The van der Waals surface area contributed by atoms with E-state index in [1.807, 2.05) is 105 Å². The molecule has 9 heterocycles. The van der Waals surface area contributed by atoms with Gasteiger partial charge < -0.3 is 87.7 Å². The molecular weight excluding hydrogens is 1820 g/mol. The third-order valence-corrected chi connectivity index (χ3v) is 29.4. The second kappa shape index (κ2) is 43.1. The van der Waals surface area contributed by atoms with E-state index >= 15 is 8.78 Å². The fourth-order valence-corrected chi connectivity index (χ4v) is 21.4. The molecule has 27 nitrogen and oxygen atoms in total. The summed E-state index contributed by atoms with van der Waals surface area (Å²) in [7, 11) is 4.77. The summed E-state index contributed by atoms with van der Waals surface area (Å²) in [6.07, 6.45) is 19.2. The maximum atomic E-state index is 15.8. The summed E-state index contributed by atoms with van der Waals surface area (Å²) in [6, 6.07) is 16.9. The summed E-state index contributed by atoms with van der Waals surface area (Å²) in [5.74, 6) is -0.958. The van der Waals surface area contributed by atoms with Crippen molar-refractivity contribution in [3.8, 4) is 34.9 Å². The van der Waals surface area contributed by atoms with Crippen LogP contribution in [0.5, 0.6) is 34.9 Å². The van der Waals surface area contributed by atoms with E-state index in [-0.39, 0.29) is 135 Å². The molecule has 6 bridgehead atoms. The van der Waals surface area contributed by atoms with E-state index in [0.717, 1.165) is 123 Å². The number of methoxy groups -OCH3 is 3. The molecule has 20 atom stereocenters. The Bertz CT molecular complexity index is 5190. The fourth-order valence-electron chi connectivity index (χ4n) is 21.4. The molecular formula is C101H132F2N9O18V3-3. The van der Waals surface area contributed by atoms with Gasteiger partial charge in [0.25, 0.3) is 5.92 Å². The summed E-state index contributed by atoms with van der Waals surface area (Å²) in [6.45, 7) is 26.8. The molecule has 32 heteroatoms. The van der Waals surface area contributed by atoms with Crippen molar-refractivity contribution in [2.75, 3.05) is 41.0 Å². The van der Waals surface area contributed by atoms with Crippen LogP contribution in [0.4, 0.5) is 23.2 Å². The molecule has 3 radical (unpaired) electrons. The Labute approximate surface area is 816 Å². The van der Waals surface area contributed by atoms with Crippen LogP contribution in [-0.2, 0) is 117 Å². The average Bonchev–Trinajstić information content (AvgIpc) is 1.57. The van der Waals surface area contributed by atoms with Gasteiger partial charge in [0.2, 0.25) is 35.4 Å². The van der Waals surface area contributed by atoms with E-state index in [1.165, 1.54) is 34.3 Å². The molecule has 7 fully saturated rings. The number of rotatable bonds is 7. The summed E-state index contributed by atoms with van der Waals surface area (Å²) in [5, 5.41) is 11.1. The largest absolute Gasteiger partial charge is 0.540 e. The van der Waals surface area contributed by atoms with E-state index < -0.39 is 124 Å². The minimum atomic E-state index is -3.24. The van der Waals surface area contributed by atoms with Crippen LogP contribution < -0.4 is 44.4 Å². The van der Waals surface area contributed by atoms with Gasteiger partial charge >= 0.3 is 18.3 Å². The van der Waals surface area contributed by atoms with Crippen LogP contribution in [0.3, 0.4) is 0 Å². The maximum absolute atomic E-state index is 15.8. The number of ether oxygens (including phenoxy) is 9. The van der Waals surface area contributed by atoms with Gasteiger partial charge in [-0.2, -0.15) is 0 Å². The van der Waals surface area contributed by atoms with E-state index in [9.17, 15) is 43.2 Å². The number of aromatic nitrogens is 3. The zero-order chi connectivity index (χ0) is 93.4. The molecule has 6 aromatic rings. The van der Waals surface area contributed by atoms with Gasteiger partial charge in [0.15, 0.2) is 0 Å². The quantitative estimate of drug-likeness (QED) is 0.0987. The molecule has 4 aliphatic carbocycles. The predicted octanol–water partition coefficient (Wildman–Crippen LogP) is 16.9. The van der Waals surface area contributed by atoms with E-state index in [4.69, 9.17) is 52.6 Å². The predicted molar refractivity (Wildman–Crippen MR) is 485 cm³/mol. The minimum Gasteiger partial charge on any atom is -0.540 e. The van der Waals surface area contributed by atoms with E-state index in [1.54, 1.807) is 60.1 Å². The first kappa shape index (κ1) is 105. The Balaban J connectivity index is 0.000000190. The number of carbonyl (C=O) groups is 6. The van der Waals surface area contributed by atoms with Crippen molar-refractivity contribution in [1.82, 2.24) is 45.6 Å². The molecule has 10 aliphatic rings. The molecule has 3 aromatic heterocycles. The van der Waals surface area contributed by atoms with Gasteiger partial charge in [0.1, 0.15) is 71.0 Å². The van der Waals surface area contributed by atoms with Gasteiger partial charge in [-0.15, -0.1) is 0 Å². The number of pyridine rings is 3. The Morgan fingerprint density at radius 2 is 0.887 bits per heavy atom. The molecule has 3 saturated heterocycles. The smallest absolute Gasteiger partial charge is 0.408 e. The number of hydrogen-bond donors (Lipinski definition) is 3. The van der Waals surface area contributed by atoms with Crippen LogP contribution in [0.1, 0.15) is 236 Å². The Morgan fingerprint density at radius 1 is 0.466 bits per heavy atom. The molecule has 4 saturated carbocycles. The topological polar surface area (TPSA) is 321 Å². The third-order valence-electron chi connectivity index (χ3n) is 29.4. The first-order chi connectivity index (χ1) is 61.7. The van der Waals surface area contributed by atoms with E-state index in [2.05, 4.69) is 52.6 Å². The summed E-state index contributed by atoms with van der Waals surface area (Å²) in [4.78, 5) is 137. The van der Waals surface area contributed by atoms with Crippen molar-refractivity contribution in [1.29, 1.82) is 0 Å².